The third-order valence-corrected chi connectivity index (χ3v) is 6.01. The second kappa shape index (κ2) is 8.19. The molecule has 0 aliphatic rings. The number of nitrogens with one attached hydrogen (secondary N) is 1. The van der Waals surface area contributed by atoms with Crippen molar-refractivity contribution in [1.82, 2.24) is 15.0 Å². The van der Waals surface area contributed by atoms with E-state index < -0.39 is 0 Å². The normalized spacial score (nSPS) is 10.8. The number of anilines is 4. The zero-order chi connectivity index (χ0) is 20.4. The Labute approximate surface area is 179 Å². The quantitative estimate of drug-likeness (QED) is 0.405. The van der Waals surface area contributed by atoms with Crippen LogP contribution in [0.5, 0.6) is 0 Å². The van der Waals surface area contributed by atoms with E-state index in [4.69, 9.17) is 16.6 Å². The molecule has 2 aromatic heterocycles. The summed E-state index contributed by atoms with van der Waals surface area (Å²) in [5.41, 5.74) is 4.97. The number of para-hydroxylation sites is 1. The first-order valence-electron chi connectivity index (χ1n) is 9.14. The van der Waals surface area contributed by atoms with Crippen LogP contribution in [0.3, 0.4) is 0 Å². The Morgan fingerprint density at radius 3 is 2.62 bits per heavy atom. The van der Waals surface area contributed by atoms with E-state index in [9.17, 15) is 0 Å². The van der Waals surface area contributed by atoms with Gasteiger partial charge in [0, 0.05) is 29.6 Å². The summed E-state index contributed by atoms with van der Waals surface area (Å²) in [6, 6.07) is 17.7. The molecule has 0 atom stereocenters. The number of rotatable bonds is 5. The Kier molecular flexibility index (Phi) is 5.47. The lowest BCUT2D eigenvalue weighted by atomic mass is 10.2. The Morgan fingerprint density at radius 2 is 1.83 bits per heavy atom. The fraction of sp³-hybridized carbons (Fsp3) is 0.136. The SMILES string of the molecule is Cc1ccccc1N(C)c1nc(C)c(-c2ccnc(Nc3cccc(Cl)c3)n2)s1. The van der Waals surface area contributed by atoms with E-state index in [0.717, 1.165) is 32.8 Å². The summed E-state index contributed by atoms with van der Waals surface area (Å²) >= 11 is 7.68. The third kappa shape index (κ3) is 4.23. The maximum atomic E-state index is 6.06. The number of halogens is 1. The van der Waals surface area contributed by atoms with Gasteiger partial charge in [-0.15, -0.1) is 0 Å². The van der Waals surface area contributed by atoms with Crippen LogP contribution in [0, 0.1) is 13.8 Å². The highest BCUT2D eigenvalue weighted by Crippen LogP contribution is 2.37. The monoisotopic (exact) mass is 421 g/mol. The van der Waals surface area contributed by atoms with Gasteiger partial charge in [-0.3, -0.25) is 0 Å². The van der Waals surface area contributed by atoms with Gasteiger partial charge in [0.05, 0.1) is 16.3 Å². The number of benzene rings is 2. The molecule has 0 aliphatic carbocycles. The van der Waals surface area contributed by atoms with Crippen molar-refractivity contribution in [3.8, 4) is 10.6 Å². The second-order valence-corrected chi connectivity index (χ2v) is 8.07. The summed E-state index contributed by atoms with van der Waals surface area (Å²) in [5.74, 6) is 0.520. The summed E-state index contributed by atoms with van der Waals surface area (Å²) in [7, 11) is 2.04. The minimum absolute atomic E-state index is 0.520. The highest BCUT2D eigenvalue weighted by atomic mass is 35.5. The fourth-order valence-corrected chi connectivity index (χ4v) is 4.25. The number of aryl methyl sites for hydroxylation is 2. The van der Waals surface area contributed by atoms with Gasteiger partial charge in [0.1, 0.15) is 0 Å². The van der Waals surface area contributed by atoms with Crippen molar-refractivity contribution in [3.05, 3.63) is 77.1 Å². The zero-order valence-corrected chi connectivity index (χ0v) is 17.9. The average molecular weight is 422 g/mol. The molecule has 4 rings (SSSR count). The molecule has 0 saturated carbocycles. The Bertz CT molecular complexity index is 1160. The van der Waals surface area contributed by atoms with Crippen LogP contribution >= 0.6 is 22.9 Å². The van der Waals surface area contributed by atoms with E-state index in [2.05, 4.69) is 39.2 Å². The molecule has 146 valence electrons. The van der Waals surface area contributed by atoms with Crippen molar-refractivity contribution in [2.24, 2.45) is 0 Å². The van der Waals surface area contributed by atoms with Gasteiger partial charge in [0.2, 0.25) is 5.95 Å². The van der Waals surface area contributed by atoms with Crippen molar-refractivity contribution >= 4 is 45.4 Å². The maximum Gasteiger partial charge on any atom is 0.227 e. The number of aromatic nitrogens is 3. The molecule has 0 saturated heterocycles. The minimum atomic E-state index is 0.520. The van der Waals surface area contributed by atoms with Gasteiger partial charge in [-0.25, -0.2) is 15.0 Å². The summed E-state index contributed by atoms with van der Waals surface area (Å²) < 4.78 is 0. The predicted molar refractivity (Wildman–Crippen MR) is 122 cm³/mol. The molecule has 0 unspecified atom stereocenters. The van der Waals surface area contributed by atoms with Crippen molar-refractivity contribution in [3.63, 3.8) is 0 Å². The second-order valence-electron chi connectivity index (χ2n) is 6.66. The van der Waals surface area contributed by atoms with Crippen LogP contribution in [-0.4, -0.2) is 22.0 Å². The molecule has 7 heteroatoms. The summed E-state index contributed by atoms with van der Waals surface area (Å²) in [6.07, 6.45) is 1.75. The summed E-state index contributed by atoms with van der Waals surface area (Å²) in [5, 5.41) is 4.79. The highest BCUT2D eigenvalue weighted by Gasteiger charge is 2.16. The van der Waals surface area contributed by atoms with Gasteiger partial charge in [0.25, 0.3) is 0 Å². The van der Waals surface area contributed by atoms with Crippen molar-refractivity contribution in [2.75, 3.05) is 17.3 Å². The number of hydrogen-bond donors (Lipinski definition) is 1. The van der Waals surface area contributed by atoms with Crippen LogP contribution in [0.2, 0.25) is 5.02 Å². The molecular formula is C22H20ClN5S. The summed E-state index contributed by atoms with van der Waals surface area (Å²) in [4.78, 5) is 16.9. The van der Waals surface area contributed by atoms with Crippen LogP contribution in [0.1, 0.15) is 11.3 Å². The van der Waals surface area contributed by atoms with Gasteiger partial charge in [0.15, 0.2) is 5.13 Å². The molecule has 1 N–H and O–H groups in total. The van der Waals surface area contributed by atoms with Crippen LogP contribution in [0.4, 0.5) is 22.5 Å². The molecule has 5 nitrogen and oxygen atoms in total. The van der Waals surface area contributed by atoms with E-state index in [1.165, 1.54) is 5.56 Å². The van der Waals surface area contributed by atoms with Crippen LogP contribution < -0.4 is 10.2 Å². The lowest BCUT2D eigenvalue weighted by Crippen LogP contribution is -2.10. The largest absolute Gasteiger partial charge is 0.324 e. The molecule has 0 aliphatic heterocycles. The molecule has 29 heavy (non-hydrogen) atoms. The Hall–Kier alpha value is -2.96. The van der Waals surface area contributed by atoms with Crippen molar-refractivity contribution in [1.29, 1.82) is 0 Å². The van der Waals surface area contributed by atoms with Crippen LogP contribution in [0.25, 0.3) is 10.6 Å². The van der Waals surface area contributed by atoms with Gasteiger partial charge in [-0.1, -0.05) is 47.2 Å². The van der Waals surface area contributed by atoms with Crippen LogP contribution in [-0.2, 0) is 0 Å². The van der Waals surface area contributed by atoms with Crippen molar-refractivity contribution < 1.29 is 0 Å². The number of nitrogens with zero attached hydrogens (tertiary/aromatic N) is 4. The number of thiazole rings is 1. The van der Waals surface area contributed by atoms with E-state index >= 15 is 0 Å². The molecule has 2 heterocycles. The molecule has 0 amide bonds. The van der Waals surface area contributed by atoms with Gasteiger partial charge in [-0.2, -0.15) is 0 Å². The van der Waals surface area contributed by atoms with Crippen molar-refractivity contribution in [2.45, 2.75) is 13.8 Å². The smallest absolute Gasteiger partial charge is 0.227 e. The fourth-order valence-electron chi connectivity index (χ4n) is 3.05. The maximum absolute atomic E-state index is 6.06. The molecule has 0 bridgehead atoms. The predicted octanol–water partition coefficient (Wildman–Crippen LogP) is 6.38. The molecule has 4 aromatic rings. The Morgan fingerprint density at radius 1 is 1.00 bits per heavy atom. The van der Waals surface area contributed by atoms with E-state index in [1.807, 2.05) is 56.4 Å². The van der Waals surface area contributed by atoms with Gasteiger partial charge in [-0.05, 0) is 49.7 Å². The topological polar surface area (TPSA) is 53.9 Å². The summed E-state index contributed by atoms with van der Waals surface area (Å²) in [6.45, 7) is 4.11. The van der Waals surface area contributed by atoms with Gasteiger partial charge < -0.3 is 10.2 Å². The third-order valence-electron chi connectivity index (χ3n) is 4.52. The van der Waals surface area contributed by atoms with E-state index in [1.54, 1.807) is 17.5 Å². The first kappa shape index (κ1) is 19.4. The molecule has 0 radical (unpaired) electrons. The van der Waals surface area contributed by atoms with E-state index in [0.29, 0.717) is 11.0 Å². The molecular weight excluding hydrogens is 402 g/mol. The lowest BCUT2D eigenvalue weighted by molar-refractivity contribution is 1.12. The first-order valence-corrected chi connectivity index (χ1v) is 10.3. The van der Waals surface area contributed by atoms with Gasteiger partial charge >= 0.3 is 0 Å². The first-order chi connectivity index (χ1) is 14.0. The highest BCUT2D eigenvalue weighted by molar-refractivity contribution is 7.19. The standard InChI is InChI=1S/C22H20ClN5S/c1-14-7-4-5-10-19(14)28(3)22-25-15(2)20(29-22)18-11-12-24-21(27-18)26-17-9-6-8-16(23)13-17/h4-13H,1-3H3,(H,24,26,27). The molecule has 2 aromatic carbocycles. The number of hydrogen-bond acceptors (Lipinski definition) is 6. The average Bonchev–Trinajstić information content (AvgIpc) is 3.10. The Balaban J connectivity index is 1.63. The minimum Gasteiger partial charge on any atom is -0.324 e. The zero-order valence-electron chi connectivity index (χ0n) is 16.3. The van der Waals surface area contributed by atoms with E-state index in [-0.39, 0.29) is 0 Å². The van der Waals surface area contributed by atoms with Crippen LogP contribution in [0.15, 0.2) is 60.8 Å². The molecule has 0 fully saturated rings. The molecule has 0 spiro atoms. The lowest BCUT2D eigenvalue weighted by Gasteiger charge is -2.18.